The fraction of sp³-hybridized carbons (Fsp3) is 0.200. The van der Waals surface area contributed by atoms with E-state index in [0.29, 0.717) is 29.0 Å². The van der Waals surface area contributed by atoms with Crippen LogP contribution in [-0.2, 0) is 11.2 Å². The van der Waals surface area contributed by atoms with Gasteiger partial charge in [0.15, 0.2) is 11.2 Å². The van der Waals surface area contributed by atoms with Crippen LogP contribution in [0.15, 0.2) is 64.2 Å². The normalized spacial score (nSPS) is 11.4. The average Bonchev–Trinajstić information content (AvgIpc) is 3.10. The molecule has 0 bridgehead atoms. The number of aryl methyl sites for hydroxylation is 1. The topological polar surface area (TPSA) is 56.7 Å². The molecule has 0 saturated carbocycles. The molecule has 0 aliphatic heterocycles. The molecule has 5 nitrogen and oxygen atoms in total. The van der Waals surface area contributed by atoms with Gasteiger partial charge in [0, 0.05) is 31.5 Å². The van der Waals surface area contributed by atoms with Gasteiger partial charge in [0.05, 0.1) is 11.7 Å². The van der Waals surface area contributed by atoms with E-state index in [0.717, 1.165) is 23.9 Å². The van der Waals surface area contributed by atoms with E-state index in [1.165, 1.54) is 6.07 Å². The lowest BCUT2D eigenvalue weighted by Crippen LogP contribution is -2.02. The monoisotopic (exact) mass is 334 g/mol. The number of ether oxygens (including phenoxy) is 1. The molecule has 126 valence electrons. The minimum Gasteiger partial charge on any atom is -0.454 e. The second-order valence-electron chi connectivity index (χ2n) is 6.02. The third-order valence-corrected chi connectivity index (χ3v) is 4.28. The lowest BCUT2D eigenvalue weighted by molar-refractivity contribution is 0.195. The highest BCUT2D eigenvalue weighted by molar-refractivity contribution is 5.79. The highest BCUT2D eigenvalue weighted by Gasteiger charge is 2.09. The maximum atomic E-state index is 12.6. The highest BCUT2D eigenvalue weighted by Crippen LogP contribution is 2.22. The van der Waals surface area contributed by atoms with Crippen molar-refractivity contribution >= 4 is 16.5 Å². The summed E-state index contributed by atoms with van der Waals surface area (Å²) in [7, 11) is 1.69. The van der Waals surface area contributed by atoms with Gasteiger partial charge in [-0.3, -0.25) is 4.79 Å². The lowest BCUT2D eigenvalue weighted by Gasteiger charge is -2.06. The van der Waals surface area contributed by atoms with Crippen LogP contribution in [0.3, 0.4) is 0 Å². The molecule has 25 heavy (non-hydrogen) atoms. The van der Waals surface area contributed by atoms with Crippen molar-refractivity contribution in [2.24, 2.45) is 0 Å². The molecule has 0 N–H and O–H groups in total. The molecule has 0 amide bonds. The van der Waals surface area contributed by atoms with Crippen molar-refractivity contribution in [2.75, 3.05) is 13.7 Å². The van der Waals surface area contributed by atoms with E-state index in [1.54, 1.807) is 13.4 Å². The van der Waals surface area contributed by atoms with Crippen LogP contribution < -0.4 is 5.43 Å². The average molecular weight is 334 g/mol. The van der Waals surface area contributed by atoms with Gasteiger partial charge < -0.3 is 13.6 Å². The van der Waals surface area contributed by atoms with Crippen molar-refractivity contribution in [3.63, 3.8) is 0 Å². The Hall–Kier alpha value is -2.92. The summed E-state index contributed by atoms with van der Waals surface area (Å²) in [5, 5.41) is 0.599. The van der Waals surface area contributed by atoms with Gasteiger partial charge in [-0.2, -0.15) is 0 Å². The Morgan fingerprint density at radius 2 is 2.12 bits per heavy atom. The number of aromatic nitrogens is 2. The van der Waals surface area contributed by atoms with Crippen molar-refractivity contribution in [1.82, 2.24) is 9.38 Å². The number of benzene rings is 1. The maximum Gasteiger partial charge on any atom is 0.193 e. The summed E-state index contributed by atoms with van der Waals surface area (Å²) in [5.74, 6) is 0.480. The standard InChI is InChI=1S/C20H18N2O3/c1-24-9-3-4-14-6-7-19-16(10-14)18(23)12-20(25-19)17-11-15-5-2-8-22(15)13-21-17/h2,5-8,10-13H,3-4,9H2,1H3. The quantitative estimate of drug-likeness (QED) is 0.522. The molecule has 4 rings (SSSR count). The first-order chi connectivity index (χ1) is 12.2. The van der Waals surface area contributed by atoms with Crippen LogP contribution in [0.2, 0.25) is 0 Å². The van der Waals surface area contributed by atoms with Gasteiger partial charge >= 0.3 is 0 Å². The molecular formula is C20H18N2O3. The predicted octanol–water partition coefficient (Wildman–Crippen LogP) is 3.69. The molecule has 0 unspecified atom stereocenters. The molecule has 0 aliphatic carbocycles. The van der Waals surface area contributed by atoms with Crippen LogP contribution in [0, 0.1) is 0 Å². The van der Waals surface area contributed by atoms with Gasteiger partial charge in [0.25, 0.3) is 0 Å². The summed E-state index contributed by atoms with van der Waals surface area (Å²) in [6.45, 7) is 0.708. The summed E-state index contributed by atoms with van der Waals surface area (Å²) in [4.78, 5) is 16.9. The Labute approximate surface area is 144 Å². The number of methoxy groups -OCH3 is 1. The molecule has 1 aromatic carbocycles. The van der Waals surface area contributed by atoms with Gasteiger partial charge in [-0.05, 0) is 48.7 Å². The fourth-order valence-corrected chi connectivity index (χ4v) is 2.98. The first kappa shape index (κ1) is 15.6. The van der Waals surface area contributed by atoms with Crippen molar-refractivity contribution in [3.8, 4) is 11.5 Å². The first-order valence-electron chi connectivity index (χ1n) is 8.23. The Balaban J connectivity index is 1.73. The van der Waals surface area contributed by atoms with Crippen molar-refractivity contribution in [3.05, 3.63) is 70.8 Å². The molecule has 4 aromatic rings. The van der Waals surface area contributed by atoms with E-state index < -0.39 is 0 Å². The van der Waals surface area contributed by atoms with E-state index in [-0.39, 0.29) is 5.43 Å². The van der Waals surface area contributed by atoms with Crippen molar-refractivity contribution < 1.29 is 9.15 Å². The third kappa shape index (κ3) is 3.06. The second-order valence-corrected chi connectivity index (χ2v) is 6.02. The van der Waals surface area contributed by atoms with Gasteiger partial charge in [-0.15, -0.1) is 0 Å². The predicted molar refractivity (Wildman–Crippen MR) is 96.9 cm³/mol. The smallest absolute Gasteiger partial charge is 0.193 e. The van der Waals surface area contributed by atoms with E-state index in [4.69, 9.17) is 9.15 Å². The van der Waals surface area contributed by atoms with Crippen LogP contribution in [0.5, 0.6) is 0 Å². The minimum absolute atomic E-state index is 0.0538. The van der Waals surface area contributed by atoms with Crippen molar-refractivity contribution in [1.29, 1.82) is 0 Å². The summed E-state index contributed by atoms with van der Waals surface area (Å²) >= 11 is 0. The summed E-state index contributed by atoms with van der Waals surface area (Å²) in [6.07, 6.45) is 5.44. The number of hydrogen-bond acceptors (Lipinski definition) is 4. The van der Waals surface area contributed by atoms with Crippen LogP contribution in [0.4, 0.5) is 0 Å². The number of fused-ring (bicyclic) bond motifs is 2. The molecule has 0 fully saturated rings. The van der Waals surface area contributed by atoms with E-state index in [9.17, 15) is 4.79 Å². The van der Waals surface area contributed by atoms with Crippen LogP contribution >= 0.6 is 0 Å². The SMILES string of the molecule is COCCCc1ccc2oc(-c3cc4cccn4cn3)cc(=O)c2c1. The maximum absolute atomic E-state index is 12.6. The fourth-order valence-electron chi connectivity index (χ4n) is 2.98. The zero-order valence-corrected chi connectivity index (χ0v) is 13.9. The summed E-state index contributed by atoms with van der Waals surface area (Å²) in [5.41, 5.74) is 3.28. The van der Waals surface area contributed by atoms with Gasteiger partial charge in [0.1, 0.15) is 11.3 Å². The molecule has 3 aromatic heterocycles. The second kappa shape index (κ2) is 6.53. The minimum atomic E-state index is -0.0538. The van der Waals surface area contributed by atoms with Gasteiger partial charge in [-0.1, -0.05) is 6.07 Å². The molecule has 0 atom stereocenters. The van der Waals surface area contributed by atoms with E-state index in [2.05, 4.69) is 4.98 Å². The Morgan fingerprint density at radius 3 is 3.00 bits per heavy atom. The van der Waals surface area contributed by atoms with Crippen LogP contribution in [0.1, 0.15) is 12.0 Å². The molecule has 0 aliphatic rings. The zero-order valence-electron chi connectivity index (χ0n) is 13.9. The highest BCUT2D eigenvalue weighted by atomic mass is 16.5. The number of hydrogen-bond donors (Lipinski definition) is 0. The van der Waals surface area contributed by atoms with Gasteiger partial charge in [0.2, 0.25) is 0 Å². The van der Waals surface area contributed by atoms with Gasteiger partial charge in [-0.25, -0.2) is 4.98 Å². The number of rotatable bonds is 5. The molecule has 5 heteroatoms. The largest absolute Gasteiger partial charge is 0.454 e. The van der Waals surface area contributed by atoms with Crippen molar-refractivity contribution in [2.45, 2.75) is 12.8 Å². The molecular weight excluding hydrogens is 316 g/mol. The zero-order chi connectivity index (χ0) is 17.2. The first-order valence-corrected chi connectivity index (χ1v) is 8.23. The Bertz CT molecular complexity index is 1090. The molecule has 0 radical (unpaired) electrons. The lowest BCUT2D eigenvalue weighted by atomic mass is 10.1. The molecule has 0 saturated heterocycles. The van der Waals surface area contributed by atoms with Crippen LogP contribution in [-0.4, -0.2) is 23.1 Å². The molecule has 3 heterocycles. The summed E-state index contributed by atoms with van der Waals surface area (Å²) in [6, 6.07) is 13.1. The Kier molecular flexibility index (Phi) is 4.07. The third-order valence-electron chi connectivity index (χ3n) is 4.28. The van der Waals surface area contributed by atoms with E-state index >= 15 is 0 Å². The number of nitrogens with zero attached hydrogens (tertiary/aromatic N) is 2. The Morgan fingerprint density at radius 1 is 1.20 bits per heavy atom. The molecule has 0 spiro atoms. The summed E-state index contributed by atoms with van der Waals surface area (Å²) < 4.78 is 12.9. The van der Waals surface area contributed by atoms with Crippen LogP contribution in [0.25, 0.3) is 27.9 Å². The van der Waals surface area contributed by atoms with E-state index in [1.807, 2.05) is 47.0 Å².